The summed E-state index contributed by atoms with van der Waals surface area (Å²) >= 11 is 0. The van der Waals surface area contributed by atoms with Crippen LogP contribution in [0.25, 0.3) is 11.1 Å². The van der Waals surface area contributed by atoms with Crippen molar-refractivity contribution in [2.24, 2.45) is 11.8 Å². The highest BCUT2D eigenvalue weighted by atomic mass is 16.2. The van der Waals surface area contributed by atoms with Crippen molar-refractivity contribution in [3.05, 3.63) is 120 Å². The SMILES string of the molecule is O=C(Nc1ccc(-c2ccc(NC(=O)C3CCN(C(=O)c4ccccc4)CC3)cc2)cc1)C1CCN(C(=O)c2ccccc2)CC1. The van der Waals surface area contributed by atoms with Gasteiger partial charge >= 0.3 is 0 Å². The first-order valence-electron chi connectivity index (χ1n) is 16.0. The van der Waals surface area contributed by atoms with Crippen LogP contribution in [0.4, 0.5) is 11.4 Å². The van der Waals surface area contributed by atoms with E-state index in [1.165, 1.54) is 0 Å². The van der Waals surface area contributed by atoms with E-state index in [1.54, 1.807) is 0 Å². The third-order valence-corrected chi connectivity index (χ3v) is 8.99. The normalized spacial score (nSPS) is 15.7. The molecule has 234 valence electrons. The monoisotopic (exact) mass is 614 g/mol. The number of hydrogen-bond donors (Lipinski definition) is 2. The van der Waals surface area contributed by atoms with Crippen LogP contribution in [0.1, 0.15) is 46.4 Å². The number of benzene rings is 4. The summed E-state index contributed by atoms with van der Waals surface area (Å²) in [5, 5.41) is 6.07. The lowest BCUT2D eigenvalue weighted by molar-refractivity contribution is -0.121. The third-order valence-electron chi connectivity index (χ3n) is 8.99. The molecule has 2 heterocycles. The van der Waals surface area contributed by atoms with Gasteiger partial charge < -0.3 is 20.4 Å². The largest absolute Gasteiger partial charge is 0.339 e. The summed E-state index contributed by atoms with van der Waals surface area (Å²) < 4.78 is 0. The van der Waals surface area contributed by atoms with E-state index in [2.05, 4.69) is 10.6 Å². The number of rotatable bonds is 7. The summed E-state index contributed by atoms with van der Waals surface area (Å²) in [6.45, 7) is 2.26. The van der Waals surface area contributed by atoms with Crippen LogP contribution in [0.15, 0.2) is 109 Å². The Hall–Kier alpha value is -5.24. The topological polar surface area (TPSA) is 98.8 Å². The third kappa shape index (κ3) is 7.34. The van der Waals surface area contributed by atoms with Gasteiger partial charge in [0.25, 0.3) is 11.8 Å². The Kier molecular flexibility index (Phi) is 9.53. The minimum Gasteiger partial charge on any atom is -0.339 e. The molecule has 2 N–H and O–H groups in total. The molecule has 2 saturated heterocycles. The van der Waals surface area contributed by atoms with Crippen LogP contribution in [0.2, 0.25) is 0 Å². The van der Waals surface area contributed by atoms with Gasteiger partial charge in [-0.3, -0.25) is 19.2 Å². The fraction of sp³-hybridized carbons (Fsp3) is 0.263. The molecule has 2 fully saturated rings. The van der Waals surface area contributed by atoms with Crippen molar-refractivity contribution < 1.29 is 19.2 Å². The second-order valence-corrected chi connectivity index (χ2v) is 12.0. The van der Waals surface area contributed by atoms with Crippen LogP contribution < -0.4 is 10.6 Å². The quantitative estimate of drug-likeness (QED) is 0.254. The zero-order chi connectivity index (χ0) is 31.9. The maximum absolute atomic E-state index is 12.9. The minimum atomic E-state index is -0.133. The van der Waals surface area contributed by atoms with Gasteiger partial charge in [0.15, 0.2) is 0 Å². The van der Waals surface area contributed by atoms with Crippen molar-refractivity contribution in [1.82, 2.24) is 9.80 Å². The molecule has 0 spiro atoms. The summed E-state index contributed by atoms with van der Waals surface area (Å²) in [5.41, 5.74) is 4.82. The predicted molar refractivity (Wildman–Crippen MR) is 179 cm³/mol. The molecular formula is C38H38N4O4. The van der Waals surface area contributed by atoms with E-state index >= 15 is 0 Å². The molecule has 0 radical (unpaired) electrons. The lowest BCUT2D eigenvalue weighted by Gasteiger charge is -2.31. The van der Waals surface area contributed by atoms with E-state index in [-0.39, 0.29) is 35.5 Å². The molecule has 0 atom stereocenters. The molecule has 2 aliphatic heterocycles. The van der Waals surface area contributed by atoms with E-state index in [0.717, 1.165) is 22.5 Å². The van der Waals surface area contributed by atoms with Gasteiger partial charge in [0.2, 0.25) is 11.8 Å². The molecule has 0 saturated carbocycles. The Morgan fingerprint density at radius 1 is 0.457 bits per heavy atom. The number of nitrogens with zero attached hydrogens (tertiary/aromatic N) is 2. The second-order valence-electron chi connectivity index (χ2n) is 12.0. The molecule has 4 aromatic rings. The molecule has 8 heteroatoms. The lowest BCUT2D eigenvalue weighted by Crippen LogP contribution is -2.41. The number of amides is 4. The van der Waals surface area contributed by atoms with E-state index in [4.69, 9.17) is 0 Å². The number of likely N-dealkylation sites (tertiary alicyclic amines) is 2. The molecule has 4 aromatic carbocycles. The first-order valence-corrected chi connectivity index (χ1v) is 16.0. The van der Waals surface area contributed by atoms with Gasteiger partial charge in [0, 0.05) is 60.5 Å². The molecule has 4 amide bonds. The lowest BCUT2D eigenvalue weighted by atomic mass is 9.95. The highest BCUT2D eigenvalue weighted by Gasteiger charge is 2.29. The highest BCUT2D eigenvalue weighted by molar-refractivity contribution is 5.96. The van der Waals surface area contributed by atoms with E-state index < -0.39 is 0 Å². The number of piperidine rings is 2. The van der Waals surface area contributed by atoms with Crippen LogP contribution in [-0.4, -0.2) is 59.6 Å². The molecule has 0 aliphatic carbocycles. The summed E-state index contributed by atoms with van der Waals surface area (Å²) in [7, 11) is 0. The fourth-order valence-corrected chi connectivity index (χ4v) is 6.20. The molecule has 0 bridgehead atoms. The van der Waals surface area contributed by atoms with E-state index in [0.29, 0.717) is 63.0 Å². The van der Waals surface area contributed by atoms with E-state index in [9.17, 15) is 19.2 Å². The number of nitrogens with one attached hydrogen (secondary N) is 2. The summed E-state index contributed by atoms with van der Waals surface area (Å²) in [5.74, 6) is -0.279. The Morgan fingerprint density at radius 3 is 1.11 bits per heavy atom. The molecule has 8 nitrogen and oxygen atoms in total. The Bertz CT molecular complexity index is 1530. The smallest absolute Gasteiger partial charge is 0.253 e. The number of anilines is 2. The molecule has 0 aromatic heterocycles. The van der Waals surface area contributed by atoms with Crippen molar-refractivity contribution in [1.29, 1.82) is 0 Å². The Labute approximate surface area is 269 Å². The van der Waals surface area contributed by atoms with Gasteiger partial charge in [0.05, 0.1) is 0 Å². The van der Waals surface area contributed by atoms with Crippen molar-refractivity contribution in [2.75, 3.05) is 36.8 Å². The molecule has 46 heavy (non-hydrogen) atoms. The average molecular weight is 615 g/mol. The Balaban J connectivity index is 0.954. The van der Waals surface area contributed by atoms with Crippen molar-refractivity contribution >= 4 is 35.0 Å². The Morgan fingerprint density at radius 2 is 0.783 bits per heavy atom. The highest BCUT2D eigenvalue weighted by Crippen LogP contribution is 2.26. The van der Waals surface area contributed by atoms with Gasteiger partial charge in [-0.05, 0) is 85.3 Å². The van der Waals surface area contributed by atoms with Gasteiger partial charge in [-0.15, -0.1) is 0 Å². The first-order chi connectivity index (χ1) is 22.4. The molecule has 6 rings (SSSR count). The standard InChI is InChI=1S/C38H38N4O4/c43-35(29-19-23-41(24-20-29)37(45)31-7-3-1-4-8-31)39-33-15-11-27(12-16-33)28-13-17-34(18-14-28)40-36(44)30-21-25-42(26-22-30)38(46)32-9-5-2-6-10-32/h1-18,29-30H,19-26H2,(H,39,43)(H,40,44). The number of hydrogen-bond acceptors (Lipinski definition) is 4. The number of carbonyl (C=O) groups is 4. The number of carbonyl (C=O) groups excluding carboxylic acids is 4. The van der Waals surface area contributed by atoms with Gasteiger partial charge in [-0.1, -0.05) is 60.7 Å². The van der Waals surface area contributed by atoms with Crippen molar-refractivity contribution in [3.63, 3.8) is 0 Å². The van der Waals surface area contributed by atoms with Crippen LogP contribution >= 0.6 is 0 Å². The first kappa shape index (κ1) is 30.8. The van der Waals surface area contributed by atoms with Crippen molar-refractivity contribution in [2.45, 2.75) is 25.7 Å². The fourth-order valence-electron chi connectivity index (χ4n) is 6.20. The van der Waals surface area contributed by atoms with Crippen LogP contribution in [-0.2, 0) is 9.59 Å². The van der Waals surface area contributed by atoms with Gasteiger partial charge in [-0.2, -0.15) is 0 Å². The molecule has 0 unspecified atom stereocenters. The molecule has 2 aliphatic rings. The minimum absolute atomic E-state index is 0.0136. The van der Waals surface area contributed by atoms with Crippen molar-refractivity contribution in [3.8, 4) is 11.1 Å². The van der Waals surface area contributed by atoms with Crippen LogP contribution in [0, 0.1) is 11.8 Å². The van der Waals surface area contributed by atoms with Crippen LogP contribution in [0.3, 0.4) is 0 Å². The van der Waals surface area contributed by atoms with Gasteiger partial charge in [-0.25, -0.2) is 0 Å². The average Bonchev–Trinajstić information content (AvgIpc) is 3.12. The summed E-state index contributed by atoms with van der Waals surface area (Å²) in [6, 6.07) is 34.0. The predicted octanol–water partition coefficient (Wildman–Crippen LogP) is 6.34. The summed E-state index contributed by atoms with van der Waals surface area (Å²) in [4.78, 5) is 55.0. The second kappa shape index (κ2) is 14.2. The maximum Gasteiger partial charge on any atom is 0.253 e. The zero-order valence-electron chi connectivity index (χ0n) is 25.7. The zero-order valence-corrected chi connectivity index (χ0v) is 25.7. The van der Waals surface area contributed by atoms with Gasteiger partial charge in [0.1, 0.15) is 0 Å². The van der Waals surface area contributed by atoms with Crippen LogP contribution in [0.5, 0.6) is 0 Å². The van der Waals surface area contributed by atoms with E-state index in [1.807, 2.05) is 119 Å². The summed E-state index contributed by atoms with van der Waals surface area (Å²) in [6.07, 6.45) is 2.55. The maximum atomic E-state index is 12.9. The molecular weight excluding hydrogens is 576 g/mol.